The zero-order valence-corrected chi connectivity index (χ0v) is 55.9. The molecule has 0 spiro atoms. The molecule has 4 aliphatic rings. The van der Waals surface area contributed by atoms with Crippen molar-refractivity contribution in [2.45, 2.75) is 122 Å². The van der Waals surface area contributed by atoms with Crippen LogP contribution in [0.2, 0.25) is 0 Å². The molecule has 8 heterocycles. The minimum Gasteiger partial charge on any atom is -0.496 e. The van der Waals surface area contributed by atoms with E-state index in [-0.39, 0.29) is 36.8 Å². The number of aryl methyl sites for hydroxylation is 2. The average Bonchev–Trinajstić information content (AvgIpc) is 1.37. The molecule has 6 N–H and O–H groups in total. The van der Waals surface area contributed by atoms with Crippen molar-refractivity contribution in [2.24, 2.45) is 0 Å². The van der Waals surface area contributed by atoms with Gasteiger partial charge in [0, 0.05) is 67.9 Å². The van der Waals surface area contributed by atoms with Gasteiger partial charge in [-0.1, -0.05) is 40.2 Å². The molecule has 0 radical (unpaired) electrons. The molecule has 526 valence electrons. The number of aliphatic carboxylic acids is 1. The van der Waals surface area contributed by atoms with E-state index in [2.05, 4.69) is 92.0 Å². The second kappa shape index (κ2) is 32.1. The number of nitrogens with zero attached hydrogens (tertiary/aromatic N) is 11. The molecule has 0 saturated carbocycles. The summed E-state index contributed by atoms with van der Waals surface area (Å²) in [5, 5.41) is 37.5. The lowest BCUT2D eigenvalue weighted by molar-refractivity contribution is -0.275. The van der Waals surface area contributed by atoms with Gasteiger partial charge in [0.2, 0.25) is 11.9 Å². The summed E-state index contributed by atoms with van der Waals surface area (Å²) in [5.41, 5.74) is 11.9. The Hall–Kier alpha value is -8.98. The predicted octanol–water partition coefficient (Wildman–Crippen LogP) is 12.2. The van der Waals surface area contributed by atoms with E-state index in [1.54, 1.807) is 45.1 Å². The van der Waals surface area contributed by atoms with Crippen molar-refractivity contribution in [2.75, 3.05) is 74.0 Å². The fourth-order valence-electron chi connectivity index (χ4n) is 11.7. The number of carboxylic acid groups (broad SMARTS) is 1. The van der Waals surface area contributed by atoms with Crippen LogP contribution >= 0.6 is 15.9 Å². The number of aromatic nitrogens is 8. The molecule has 8 aromatic rings. The highest BCUT2D eigenvalue weighted by molar-refractivity contribution is 9.08. The topological polar surface area (TPSA) is 248 Å². The summed E-state index contributed by atoms with van der Waals surface area (Å²) in [4.78, 5) is 44.0. The van der Waals surface area contributed by atoms with Gasteiger partial charge >= 0.3 is 24.9 Å². The van der Waals surface area contributed by atoms with Gasteiger partial charge in [-0.2, -0.15) is 23.1 Å². The lowest BCUT2D eigenvalue weighted by Crippen LogP contribution is -2.37. The highest BCUT2D eigenvalue weighted by atomic mass is 79.9. The lowest BCUT2D eigenvalue weighted by Gasteiger charge is -2.33. The molecule has 0 unspecified atom stereocenters. The summed E-state index contributed by atoms with van der Waals surface area (Å²) in [6.07, 6.45) is -1.73. The van der Waals surface area contributed by atoms with Crippen molar-refractivity contribution in [1.29, 1.82) is 0 Å². The van der Waals surface area contributed by atoms with Gasteiger partial charge in [0.15, 0.2) is 11.6 Å². The molecule has 4 aromatic heterocycles. The molecule has 0 aliphatic carbocycles. The first kappa shape index (κ1) is 73.3. The summed E-state index contributed by atoms with van der Waals surface area (Å²) in [5.74, 6) is 2.35. The molecule has 0 amide bonds. The number of anilines is 6. The zero-order valence-electron chi connectivity index (χ0n) is 54.3. The molecule has 32 heteroatoms. The van der Waals surface area contributed by atoms with Gasteiger partial charge in [-0.05, 0) is 143 Å². The van der Waals surface area contributed by atoms with Gasteiger partial charge in [0.05, 0.1) is 74.7 Å². The van der Waals surface area contributed by atoms with Crippen LogP contribution in [-0.4, -0.2) is 150 Å². The van der Waals surface area contributed by atoms with Crippen LogP contribution in [0.4, 0.5) is 74.7 Å². The predicted molar refractivity (Wildman–Crippen MR) is 351 cm³/mol. The number of carboxylic acids is 1. The van der Waals surface area contributed by atoms with E-state index in [0.29, 0.717) is 67.0 Å². The SMILES string of the molecule is COc1cc(-n2cnc(Nc3nc4c(c(N5CCC[C@H]5CO)n3)CCN(Cc3cccc(OC(F)(F)F)c3)C4)c2)cc(C)c1C.COc1cc(-n2cnc(Nc3nc4c(c(N5CCC[C@H]5CO)n3)CCNC4)c2)cc(C)c1C.FC(F)(F)Oc1cccc(CBr)c1.O=C(O)C(F)(F)F. The number of ether oxygens (including phenoxy) is 4. The van der Waals surface area contributed by atoms with Crippen molar-refractivity contribution >= 4 is 57.1 Å². The van der Waals surface area contributed by atoms with Crippen LogP contribution in [-0.2, 0) is 42.6 Å². The molecule has 0 bridgehead atoms. The number of rotatable bonds is 17. The van der Waals surface area contributed by atoms with Gasteiger partial charge in [-0.15, -0.1) is 26.3 Å². The largest absolute Gasteiger partial charge is 0.573 e. The minimum atomic E-state index is -5.08. The van der Waals surface area contributed by atoms with Crippen LogP contribution in [0.5, 0.6) is 23.0 Å². The van der Waals surface area contributed by atoms with Crippen molar-refractivity contribution in [1.82, 2.24) is 49.3 Å². The molecule has 4 aliphatic heterocycles. The molecular weight excluding hydrogens is 1370 g/mol. The maximum absolute atomic E-state index is 12.8. The number of benzene rings is 4. The number of nitrogens with one attached hydrogen (secondary N) is 3. The maximum Gasteiger partial charge on any atom is 0.573 e. The highest BCUT2D eigenvalue weighted by Crippen LogP contribution is 2.37. The first-order valence-electron chi connectivity index (χ1n) is 31.1. The van der Waals surface area contributed by atoms with Crippen LogP contribution in [0, 0.1) is 27.7 Å². The molecule has 98 heavy (non-hydrogen) atoms. The number of halogens is 10. The van der Waals surface area contributed by atoms with Crippen LogP contribution in [0.25, 0.3) is 11.4 Å². The number of imidazole rings is 2. The standard InChI is InChI=1S/C32H36F3N7O3.C24H31N7O2.C8H6BrF3O.C2HF3O2/c1-20-12-24(14-28(44-3)21(20)2)41-17-29(36-19-41)38-31-37-27-16-40(15-22-6-4-8-25(13-22)45-32(33,34)35)11-9-26(27)30(39-31)42-10-5-7-23(42)18-43;1-15-9-18(10-21(33-3)16(15)2)30-12-22(26-14-30)28-24-27-20-11-25-7-6-19(20)23(29-24)31-8-4-5-17(31)13-32;9-5-6-2-1-3-7(4-6)13-8(10,11)12;3-2(4,5)1(6)7/h4,6,8,12-14,17,19,23,43H,5,7,9-11,15-16,18H2,1-3H3,(H,37,38,39);9-10,12,14,17,25,32H,4-8,11,13H2,1-3H3,(H,27,28,29);1-4H,5H2;(H,6,7)/t23-;17-;;/m00../s1. The summed E-state index contributed by atoms with van der Waals surface area (Å²) >= 11 is 3.13. The quantitative estimate of drug-likeness (QED) is 0.0366. The number of hydrogen-bond donors (Lipinski definition) is 6. The van der Waals surface area contributed by atoms with E-state index in [1.165, 1.54) is 35.9 Å². The van der Waals surface area contributed by atoms with Crippen molar-refractivity contribution in [3.8, 4) is 34.4 Å². The Morgan fingerprint density at radius 1 is 0.643 bits per heavy atom. The van der Waals surface area contributed by atoms with Gasteiger partial charge in [0.1, 0.15) is 47.3 Å². The number of aliphatic hydroxyl groups excluding tert-OH is 2. The summed E-state index contributed by atoms with van der Waals surface area (Å²) in [6.45, 7) is 13.3. The monoisotopic (exact) mass is 1440 g/mol. The van der Waals surface area contributed by atoms with E-state index in [1.807, 2.05) is 47.5 Å². The van der Waals surface area contributed by atoms with Gasteiger partial charge in [0.25, 0.3) is 0 Å². The van der Waals surface area contributed by atoms with Gasteiger partial charge in [-0.3, -0.25) is 4.90 Å². The van der Waals surface area contributed by atoms with Gasteiger partial charge < -0.3 is 69.2 Å². The normalized spacial score (nSPS) is 16.1. The number of aliphatic hydroxyl groups is 2. The van der Waals surface area contributed by atoms with E-state index in [4.69, 9.17) is 39.3 Å². The zero-order chi connectivity index (χ0) is 70.6. The summed E-state index contributed by atoms with van der Waals surface area (Å²) in [7, 11) is 3.34. The summed E-state index contributed by atoms with van der Waals surface area (Å²) in [6, 6.07) is 20.1. The fraction of sp³-hybridized carbons (Fsp3) is 0.409. The lowest BCUT2D eigenvalue weighted by atomic mass is 10.0. The van der Waals surface area contributed by atoms with Crippen molar-refractivity contribution in [3.05, 3.63) is 154 Å². The molecule has 12 rings (SSSR count). The van der Waals surface area contributed by atoms with Gasteiger partial charge in [-0.25, -0.2) is 24.7 Å². The highest BCUT2D eigenvalue weighted by Gasteiger charge is 2.39. The number of fused-ring (bicyclic) bond motifs is 2. The Bertz CT molecular complexity index is 4040. The smallest absolute Gasteiger partial charge is 0.496 e. The number of hydrogen-bond acceptors (Lipinski definition) is 19. The van der Waals surface area contributed by atoms with Crippen molar-refractivity contribution in [3.63, 3.8) is 0 Å². The second-order valence-electron chi connectivity index (χ2n) is 23.4. The Kier molecular flexibility index (Phi) is 24.0. The van der Waals surface area contributed by atoms with Crippen molar-refractivity contribution < 1.29 is 78.6 Å². The maximum atomic E-state index is 12.8. The van der Waals surface area contributed by atoms with Crippen LogP contribution in [0.15, 0.2) is 97.8 Å². The summed E-state index contributed by atoms with van der Waals surface area (Å²) < 4.78 is 128. The Morgan fingerprint density at radius 3 is 1.57 bits per heavy atom. The fourth-order valence-corrected chi connectivity index (χ4v) is 12.0. The van der Waals surface area contributed by atoms with Crippen LogP contribution < -0.4 is 44.7 Å². The molecule has 2 atom stereocenters. The molecular formula is C66H74BrF9N14O8. The van der Waals surface area contributed by atoms with E-state index >= 15 is 0 Å². The average molecular weight is 1440 g/mol. The molecule has 22 nitrogen and oxygen atoms in total. The molecule has 4 aromatic carbocycles. The van der Waals surface area contributed by atoms with Crippen LogP contribution in [0.1, 0.15) is 81.6 Å². The Labute approximate surface area is 566 Å². The third kappa shape index (κ3) is 19.2. The first-order chi connectivity index (χ1) is 46.6. The third-order valence-electron chi connectivity index (χ3n) is 16.7. The second-order valence-corrected chi connectivity index (χ2v) is 24.0. The molecule has 2 saturated heterocycles. The number of alkyl halides is 10. The Morgan fingerprint density at radius 2 is 1.11 bits per heavy atom. The molecule has 2 fully saturated rings. The Balaban J connectivity index is 0.000000184. The van der Waals surface area contributed by atoms with Crippen LogP contribution in [0.3, 0.4) is 0 Å². The van der Waals surface area contributed by atoms with E-state index in [9.17, 15) is 49.7 Å². The number of methoxy groups -OCH3 is 2. The minimum absolute atomic E-state index is 0.0229. The van der Waals surface area contributed by atoms with E-state index in [0.717, 1.165) is 131 Å². The van der Waals surface area contributed by atoms with E-state index < -0.39 is 24.9 Å². The first-order valence-corrected chi connectivity index (χ1v) is 32.2. The number of carbonyl (C=O) groups is 1. The third-order valence-corrected chi connectivity index (χ3v) is 17.4.